The molecule has 1 amide bonds. The highest BCUT2D eigenvalue weighted by atomic mass is 35.5. The van der Waals surface area contributed by atoms with Gasteiger partial charge in [0.05, 0.1) is 6.54 Å². The van der Waals surface area contributed by atoms with Crippen LogP contribution in [0.5, 0.6) is 0 Å². The van der Waals surface area contributed by atoms with Gasteiger partial charge in [-0.3, -0.25) is 4.79 Å². The average molecular weight is 324 g/mol. The Bertz CT molecular complexity index is 754. The Balaban J connectivity index is 0.00000161. The Morgan fingerprint density at radius 2 is 2.19 bits per heavy atom. The smallest absolute Gasteiger partial charge is 0.236 e. The summed E-state index contributed by atoms with van der Waals surface area (Å²) in [4.78, 5) is 18.3. The summed E-state index contributed by atoms with van der Waals surface area (Å²) in [7, 11) is 0. The minimum absolute atomic E-state index is 0. The molecule has 110 valence electrons. The quantitative estimate of drug-likeness (QED) is 0.668. The van der Waals surface area contributed by atoms with E-state index in [1.165, 1.54) is 16.9 Å². The van der Waals surface area contributed by atoms with Crippen LogP contribution in [0.25, 0.3) is 10.9 Å². The second kappa shape index (κ2) is 6.55. The number of hydrogen-bond donors (Lipinski definition) is 3. The highest BCUT2D eigenvalue weighted by Gasteiger charge is 2.09. The highest BCUT2D eigenvalue weighted by molar-refractivity contribution is 7.09. The number of H-pyrrole nitrogens is 1. The SMILES string of the molecule is Cl.NC(=O)CNc1nc(Cc2c[nH]c3ccccc23)ns1. The average Bonchev–Trinajstić information content (AvgIpc) is 3.05. The molecule has 4 N–H and O–H groups in total. The van der Waals surface area contributed by atoms with Gasteiger partial charge in [-0.1, -0.05) is 18.2 Å². The number of carbonyl (C=O) groups is 1. The Hall–Kier alpha value is -2.12. The molecule has 0 bridgehead atoms. The molecule has 0 spiro atoms. The molecule has 3 rings (SSSR count). The van der Waals surface area contributed by atoms with Gasteiger partial charge in [0, 0.05) is 35.1 Å². The van der Waals surface area contributed by atoms with Crippen molar-refractivity contribution in [2.24, 2.45) is 5.73 Å². The summed E-state index contributed by atoms with van der Waals surface area (Å²) >= 11 is 1.23. The fraction of sp³-hybridized carbons (Fsp3) is 0.154. The third kappa shape index (κ3) is 3.50. The first kappa shape index (κ1) is 15.3. The number of nitrogens with zero attached hydrogens (tertiary/aromatic N) is 2. The lowest BCUT2D eigenvalue weighted by Crippen LogP contribution is -2.21. The number of halogens is 1. The molecule has 0 aliphatic carbocycles. The van der Waals surface area contributed by atoms with Crippen molar-refractivity contribution in [2.75, 3.05) is 11.9 Å². The lowest BCUT2D eigenvalue weighted by atomic mass is 10.1. The van der Waals surface area contributed by atoms with E-state index in [0.717, 1.165) is 16.9 Å². The molecule has 8 heteroatoms. The van der Waals surface area contributed by atoms with Gasteiger partial charge in [-0.15, -0.1) is 12.4 Å². The van der Waals surface area contributed by atoms with Crippen LogP contribution in [-0.2, 0) is 11.2 Å². The summed E-state index contributed by atoms with van der Waals surface area (Å²) in [6, 6.07) is 8.11. The Morgan fingerprint density at radius 3 is 3.00 bits per heavy atom. The van der Waals surface area contributed by atoms with Crippen LogP contribution in [0.4, 0.5) is 5.13 Å². The predicted molar refractivity (Wildman–Crippen MR) is 85.9 cm³/mol. The first-order valence-electron chi connectivity index (χ1n) is 6.12. The molecule has 21 heavy (non-hydrogen) atoms. The van der Waals surface area contributed by atoms with Gasteiger partial charge in [-0.25, -0.2) is 4.98 Å². The van der Waals surface area contributed by atoms with Crippen molar-refractivity contribution in [3.05, 3.63) is 41.9 Å². The number of anilines is 1. The van der Waals surface area contributed by atoms with Gasteiger partial charge in [0.1, 0.15) is 5.82 Å². The van der Waals surface area contributed by atoms with Crippen molar-refractivity contribution in [2.45, 2.75) is 6.42 Å². The predicted octanol–water partition coefficient (Wildman–Crippen LogP) is 1.93. The van der Waals surface area contributed by atoms with Crippen LogP contribution in [0.3, 0.4) is 0 Å². The van der Waals surface area contributed by atoms with E-state index < -0.39 is 5.91 Å². The van der Waals surface area contributed by atoms with Crippen LogP contribution in [0.2, 0.25) is 0 Å². The number of para-hydroxylation sites is 1. The number of nitrogens with two attached hydrogens (primary N) is 1. The van der Waals surface area contributed by atoms with Gasteiger partial charge in [-0.2, -0.15) is 4.37 Å². The van der Waals surface area contributed by atoms with Crippen LogP contribution in [0.15, 0.2) is 30.5 Å². The second-order valence-electron chi connectivity index (χ2n) is 4.37. The maximum Gasteiger partial charge on any atom is 0.236 e. The fourth-order valence-corrected chi connectivity index (χ4v) is 2.59. The number of fused-ring (bicyclic) bond motifs is 1. The van der Waals surface area contributed by atoms with Crippen molar-refractivity contribution in [3.8, 4) is 0 Å². The zero-order valence-electron chi connectivity index (χ0n) is 11.0. The molecule has 0 aliphatic heterocycles. The molecule has 6 nitrogen and oxygen atoms in total. The number of hydrogen-bond acceptors (Lipinski definition) is 5. The molecule has 2 heterocycles. The van der Waals surface area contributed by atoms with E-state index in [1.807, 2.05) is 24.4 Å². The van der Waals surface area contributed by atoms with Crippen LogP contribution < -0.4 is 11.1 Å². The van der Waals surface area contributed by atoms with E-state index in [2.05, 4.69) is 25.7 Å². The molecule has 0 fully saturated rings. The number of nitrogens with one attached hydrogen (secondary N) is 2. The number of carbonyl (C=O) groups excluding carboxylic acids is 1. The number of aromatic nitrogens is 3. The third-order valence-electron chi connectivity index (χ3n) is 2.91. The molecule has 0 saturated heterocycles. The summed E-state index contributed by atoms with van der Waals surface area (Å²) in [5.41, 5.74) is 7.32. The van der Waals surface area contributed by atoms with Crippen molar-refractivity contribution in [1.82, 2.24) is 14.3 Å². The summed E-state index contributed by atoms with van der Waals surface area (Å²) in [6.45, 7) is 0.0711. The Labute approximate surface area is 131 Å². The normalized spacial score (nSPS) is 10.3. The summed E-state index contributed by atoms with van der Waals surface area (Å²) < 4.78 is 4.28. The number of aromatic amines is 1. The molecule has 2 aromatic heterocycles. The van der Waals surface area contributed by atoms with E-state index in [1.54, 1.807) is 0 Å². The van der Waals surface area contributed by atoms with Crippen molar-refractivity contribution in [3.63, 3.8) is 0 Å². The highest BCUT2D eigenvalue weighted by Crippen LogP contribution is 2.21. The fourth-order valence-electron chi connectivity index (χ4n) is 2.01. The number of amides is 1. The molecule has 0 saturated carbocycles. The van der Waals surface area contributed by atoms with Crippen molar-refractivity contribution < 1.29 is 4.79 Å². The van der Waals surface area contributed by atoms with Crippen molar-refractivity contribution in [1.29, 1.82) is 0 Å². The lowest BCUT2D eigenvalue weighted by Gasteiger charge is -1.96. The van der Waals surface area contributed by atoms with Gasteiger partial charge in [0.25, 0.3) is 0 Å². The molecule has 1 aromatic carbocycles. The molecule has 0 unspecified atom stereocenters. The van der Waals surface area contributed by atoms with Crippen LogP contribution in [-0.4, -0.2) is 26.8 Å². The molecular weight excluding hydrogens is 310 g/mol. The lowest BCUT2D eigenvalue weighted by molar-refractivity contribution is -0.116. The monoisotopic (exact) mass is 323 g/mol. The van der Waals surface area contributed by atoms with E-state index >= 15 is 0 Å². The Kier molecular flexibility index (Phi) is 4.77. The molecule has 0 radical (unpaired) electrons. The van der Waals surface area contributed by atoms with Gasteiger partial charge in [0.15, 0.2) is 0 Å². The maximum absolute atomic E-state index is 10.7. The van der Waals surface area contributed by atoms with Gasteiger partial charge in [0.2, 0.25) is 11.0 Å². The minimum atomic E-state index is -0.418. The standard InChI is InChI=1S/C13H13N5OS.ClH/c14-11(19)7-16-13-17-12(18-20-13)5-8-6-15-10-4-2-1-3-9(8)10;/h1-4,6,15H,5,7H2,(H2,14,19)(H,16,17,18);1H. The van der Waals surface area contributed by atoms with Crippen LogP contribution >= 0.6 is 23.9 Å². The van der Waals surface area contributed by atoms with Gasteiger partial charge < -0.3 is 16.0 Å². The maximum atomic E-state index is 10.7. The zero-order chi connectivity index (χ0) is 13.9. The van der Waals surface area contributed by atoms with E-state index in [-0.39, 0.29) is 19.0 Å². The van der Waals surface area contributed by atoms with Crippen LogP contribution in [0, 0.1) is 0 Å². The third-order valence-corrected chi connectivity index (χ3v) is 3.62. The second-order valence-corrected chi connectivity index (χ2v) is 5.12. The van der Waals surface area contributed by atoms with Crippen LogP contribution in [0.1, 0.15) is 11.4 Å². The molecule has 0 atom stereocenters. The van der Waals surface area contributed by atoms with Crippen molar-refractivity contribution >= 4 is 45.9 Å². The largest absolute Gasteiger partial charge is 0.368 e. The number of benzene rings is 1. The Morgan fingerprint density at radius 1 is 1.38 bits per heavy atom. The number of primary amides is 1. The van der Waals surface area contributed by atoms with E-state index in [9.17, 15) is 4.79 Å². The molecule has 3 aromatic rings. The summed E-state index contributed by atoms with van der Waals surface area (Å²) in [5, 5.41) is 4.63. The zero-order valence-corrected chi connectivity index (χ0v) is 12.6. The minimum Gasteiger partial charge on any atom is -0.368 e. The first-order valence-corrected chi connectivity index (χ1v) is 6.89. The number of rotatable bonds is 5. The summed E-state index contributed by atoms with van der Waals surface area (Å²) in [5.74, 6) is 0.310. The summed E-state index contributed by atoms with van der Waals surface area (Å²) in [6.07, 6.45) is 2.63. The topological polar surface area (TPSA) is 96.7 Å². The molecular formula is C13H14ClN5OS. The van der Waals surface area contributed by atoms with E-state index in [0.29, 0.717) is 11.6 Å². The first-order chi connectivity index (χ1) is 9.72. The van der Waals surface area contributed by atoms with E-state index in [4.69, 9.17) is 5.73 Å². The van der Waals surface area contributed by atoms with Gasteiger partial charge in [-0.05, 0) is 11.6 Å². The molecule has 0 aliphatic rings. The van der Waals surface area contributed by atoms with Gasteiger partial charge >= 0.3 is 0 Å².